The lowest BCUT2D eigenvalue weighted by atomic mass is 9.97. The Morgan fingerprint density at radius 2 is 2.07 bits per heavy atom. The first-order valence-corrected chi connectivity index (χ1v) is 4.44. The van der Waals surface area contributed by atoms with Gasteiger partial charge in [-0.25, -0.2) is 0 Å². The first kappa shape index (κ1) is 10.8. The zero-order valence-electron chi connectivity index (χ0n) is 9.12. The van der Waals surface area contributed by atoms with E-state index in [4.69, 9.17) is 6.48 Å². The third-order valence-electron chi connectivity index (χ3n) is 2.15. The lowest BCUT2D eigenvalue weighted by Gasteiger charge is -2.40. The molecule has 7 heteroatoms. The van der Waals surface area contributed by atoms with Crippen LogP contribution in [0.15, 0.2) is 0 Å². The van der Waals surface area contributed by atoms with Gasteiger partial charge in [0.2, 0.25) is 5.91 Å². The highest BCUT2D eigenvalue weighted by Gasteiger charge is 2.43. The highest BCUT2D eigenvalue weighted by Crippen LogP contribution is 2.19. The fourth-order valence-electron chi connectivity index (χ4n) is 1.37. The molecule has 1 amide bonds. The van der Waals surface area contributed by atoms with E-state index >= 15 is 0 Å². The smallest absolute Gasteiger partial charge is 0.217 e. The van der Waals surface area contributed by atoms with Crippen molar-refractivity contribution >= 4 is 5.91 Å². The summed E-state index contributed by atoms with van der Waals surface area (Å²) in [6, 6.07) is -1.48. The zero-order chi connectivity index (χ0) is 12.5. The number of carbonyl (C=O) groups is 1. The minimum Gasteiger partial charge on any atom is -0.394 e. The number of amides is 1. The molecule has 0 spiro atoms. The van der Waals surface area contributed by atoms with Crippen molar-refractivity contribution in [3.05, 3.63) is 0 Å². The summed E-state index contributed by atoms with van der Waals surface area (Å²) in [6.45, 7) is 0.472. The molecule has 1 aliphatic heterocycles. The van der Waals surface area contributed by atoms with E-state index < -0.39 is 43.1 Å². The van der Waals surface area contributed by atoms with Gasteiger partial charge in [-0.3, -0.25) is 4.79 Å². The van der Waals surface area contributed by atoms with Crippen molar-refractivity contribution in [1.29, 1.82) is 0 Å². The van der Waals surface area contributed by atoms with Crippen LogP contribution in [-0.2, 0) is 9.53 Å². The number of hydrogen-bond acceptors (Lipinski definition) is 6. The third kappa shape index (κ3) is 2.64. The third-order valence-corrected chi connectivity index (χ3v) is 2.15. The molecule has 1 aliphatic rings. The Labute approximate surface area is 87.7 Å². The molecule has 1 rings (SSSR count). The van der Waals surface area contributed by atoms with E-state index in [9.17, 15) is 20.1 Å². The van der Waals surface area contributed by atoms with Crippen LogP contribution in [-0.4, -0.2) is 63.6 Å². The molecule has 0 bridgehead atoms. The maximum absolute atomic E-state index is 10.8. The summed E-state index contributed by atoms with van der Waals surface area (Å²) in [4.78, 5) is 10.8. The van der Waals surface area contributed by atoms with Crippen molar-refractivity contribution in [3.8, 4) is 0 Å². The van der Waals surface area contributed by atoms with Crippen molar-refractivity contribution in [2.45, 2.75) is 37.5 Å². The van der Waals surface area contributed by atoms with Gasteiger partial charge in [0.25, 0.3) is 0 Å². The van der Waals surface area contributed by atoms with Crippen LogP contribution in [0.1, 0.15) is 8.29 Å². The lowest BCUT2D eigenvalue weighted by Crippen LogP contribution is -2.63. The van der Waals surface area contributed by atoms with Gasteiger partial charge in [-0.15, -0.1) is 0 Å². The standard InChI is InChI=1S/C8H15NO6/c1-3(11)9-5-7(13)6(12)4(2-10)15-8(5)14/h4-8,10,12-14H,2H2,1H3,(H,9,11)/t4-,5-,6-,7-,8?/m1/s1/i8D. The minimum atomic E-state index is -2.60. The van der Waals surface area contributed by atoms with Crippen LogP contribution in [0.4, 0.5) is 0 Å². The van der Waals surface area contributed by atoms with Crippen molar-refractivity contribution in [2.24, 2.45) is 0 Å². The minimum absolute atomic E-state index is 0.590. The van der Waals surface area contributed by atoms with E-state index in [1.807, 2.05) is 0 Å². The zero-order valence-corrected chi connectivity index (χ0v) is 8.12. The summed E-state index contributed by atoms with van der Waals surface area (Å²) >= 11 is 0. The fourth-order valence-corrected chi connectivity index (χ4v) is 1.37. The van der Waals surface area contributed by atoms with Crippen molar-refractivity contribution < 1.29 is 31.3 Å². The molecule has 0 aromatic heterocycles. The molecule has 1 heterocycles. The topological polar surface area (TPSA) is 119 Å². The lowest BCUT2D eigenvalue weighted by molar-refractivity contribution is -0.253. The highest BCUT2D eigenvalue weighted by atomic mass is 16.6. The maximum atomic E-state index is 10.8. The first-order valence-electron chi connectivity index (χ1n) is 4.94. The highest BCUT2D eigenvalue weighted by molar-refractivity contribution is 5.73. The van der Waals surface area contributed by atoms with Crippen LogP contribution in [0, 0.1) is 0 Å². The number of ether oxygens (including phenoxy) is 1. The Bertz CT molecular complexity index is 273. The number of carbonyl (C=O) groups excluding carboxylic acids is 1. The van der Waals surface area contributed by atoms with Crippen LogP contribution in [0.25, 0.3) is 0 Å². The summed E-state index contributed by atoms with van der Waals surface area (Å²) in [5, 5.41) is 39.5. The van der Waals surface area contributed by atoms with Gasteiger partial charge < -0.3 is 30.5 Å². The van der Waals surface area contributed by atoms with Gasteiger partial charge in [0.05, 0.1) is 7.98 Å². The molecule has 0 aliphatic carbocycles. The Morgan fingerprint density at radius 3 is 2.53 bits per heavy atom. The maximum Gasteiger partial charge on any atom is 0.217 e. The monoisotopic (exact) mass is 222 g/mol. The molecule has 0 saturated carbocycles. The molecule has 1 unspecified atom stereocenters. The molecule has 5 N–H and O–H groups in total. The Hall–Kier alpha value is -0.730. The van der Waals surface area contributed by atoms with Gasteiger partial charge in [-0.2, -0.15) is 0 Å². The second-order valence-corrected chi connectivity index (χ2v) is 3.34. The number of nitrogens with one attached hydrogen (secondary N) is 1. The Kier molecular flexibility index (Phi) is 3.49. The van der Waals surface area contributed by atoms with Crippen LogP contribution in [0.3, 0.4) is 0 Å². The Morgan fingerprint density at radius 1 is 1.47 bits per heavy atom. The predicted molar refractivity (Wildman–Crippen MR) is 47.6 cm³/mol. The summed E-state index contributed by atoms with van der Waals surface area (Å²) < 4.78 is 12.0. The summed E-state index contributed by atoms with van der Waals surface area (Å²) in [5.41, 5.74) is 0. The predicted octanol–water partition coefficient (Wildman–Crippen LogP) is -3.08. The number of aliphatic hydroxyl groups excluding tert-OH is 3. The fraction of sp³-hybridized carbons (Fsp3) is 0.875. The molecular formula is C8H15NO6. The molecule has 88 valence electrons. The number of aliphatic hydroxyl groups is 4. The van der Waals surface area contributed by atoms with E-state index in [2.05, 4.69) is 10.1 Å². The van der Waals surface area contributed by atoms with E-state index in [1.54, 1.807) is 0 Å². The second kappa shape index (κ2) is 4.86. The van der Waals surface area contributed by atoms with Crippen LogP contribution in [0.2, 0.25) is 0 Å². The van der Waals surface area contributed by atoms with Gasteiger partial charge in [0.15, 0.2) is 6.27 Å². The molecule has 0 aromatic carbocycles. The normalized spacial score (nSPS) is 47.1. The van der Waals surface area contributed by atoms with E-state index in [0.717, 1.165) is 6.92 Å². The van der Waals surface area contributed by atoms with Gasteiger partial charge in [-0.1, -0.05) is 0 Å². The van der Waals surface area contributed by atoms with Crippen molar-refractivity contribution in [3.63, 3.8) is 0 Å². The van der Waals surface area contributed by atoms with Gasteiger partial charge >= 0.3 is 0 Å². The molecular weight excluding hydrogens is 206 g/mol. The summed E-state index contributed by atoms with van der Waals surface area (Å²) in [5.74, 6) is -0.590. The van der Waals surface area contributed by atoms with E-state index in [-0.39, 0.29) is 0 Å². The Balaban J connectivity index is 2.87. The molecule has 7 nitrogen and oxygen atoms in total. The van der Waals surface area contributed by atoms with Gasteiger partial charge in [0, 0.05) is 6.92 Å². The first-order chi connectivity index (χ1) is 7.29. The molecule has 0 radical (unpaired) electrons. The molecule has 1 fully saturated rings. The van der Waals surface area contributed by atoms with Gasteiger partial charge in [-0.05, 0) is 0 Å². The van der Waals surface area contributed by atoms with E-state index in [1.165, 1.54) is 0 Å². The summed E-state index contributed by atoms with van der Waals surface area (Å²) in [6.07, 6.45) is -6.97. The molecule has 15 heavy (non-hydrogen) atoms. The molecule has 0 aromatic rings. The molecule has 5 atom stereocenters. The van der Waals surface area contributed by atoms with Crippen LogP contribution in [0.5, 0.6) is 0 Å². The largest absolute Gasteiger partial charge is 0.394 e. The van der Waals surface area contributed by atoms with Crippen LogP contribution >= 0.6 is 0 Å². The van der Waals surface area contributed by atoms with Crippen LogP contribution < -0.4 is 5.32 Å². The average molecular weight is 222 g/mol. The van der Waals surface area contributed by atoms with Crippen molar-refractivity contribution in [2.75, 3.05) is 6.61 Å². The number of hydrogen-bond donors (Lipinski definition) is 5. The number of rotatable bonds is 2. The quantitative estimate of drug-likeness (QED) is 0.338. The second-order valence-electron chi connectivity index (χ2n) is 3.34. The summed E-state index contributed by atoms with van der Waals surface area (Å²) in [7, 11) is 0. The SMILES string of the molecule is [2H]C1(O)O[C@H](CO)[C@@H](O)[C@H](O)[C@H]1NC(C)=O. The van der Waals surface area contributed by atoms with Gasteiger partial charge in [0.1, 0.15) is 24.4 Å². The average Bonchev–Trinajstić information content (AvgIpc) is 2.18. The molecule has 1 saturated heterocycles. The van der Waals surface area contributed by atoms with E-state index in [0.29, 0.717) is 0 Å². The van der Waals surface area contributed by atoms with Crippen molar-refractivity contribution in [1.82, 2.24) is 5.32 Å².